The lowest BCUT2D eigenvalue weighted by atomic mass is 9.96. The largest absolute Gasteiger partial charge is 0.459 e. The van der Waals surface area contributed by atoms with Gasteiger partial charge in [-0.3, -0.25) is 0 Å². The molecule has 0 unspecified atom stereocenters. The van der Waals surface area contributed by atoms with Crippen molar-refractivity contribution in [2.45, 2.75) is 38.3 Å². The van der Waals surface area contributed by atoms with Crippen molar-refractivity contribution >= 4 is 5.65 Å². The van der Waals surface area contributed by atoms with Crippen molar-refractivity contribution in [2.75, 3.05) is 0 Å². The van der Waals surface area contributed by atoms with Crippen molar-refractivity contribution in [1.29, 1.82) is 0 Å². The van der Waals surface area contributed by atoms with Gasteiger partial charge >= 0.3 is 17.8 Å². The second kappa shape index (κ2) is 4.25. The van der Waals surface area contributed by atoms with E-state index in [4.69, 9.17) is 0 Å². The molecule has 0 aliphatic rings. The summed E-state index contributed by atoms with van der Waals surface area (Å²) < 4.78 is 64.2. The molecule has 0 saturated heterocycles. The number of halogens is 5. The maximum atomic E-state index is 13.3. The second-order valence-electron chi connectivity index (χ2n) is 5.52. The molecule has 1 N–H and O–H groups in total. The molecule has 0 amide bonds. The van der Waals surface area contributed by atoms with Gasteiger partial charge in [0.25, 0.3) is 0 Å². The predicted molar refractivity (Wildman–Crippen MR) is 62.3 cm³/mol. The molecule has 0 atom stereocenters. The van der Waals surface area contributed by atoms with Crippen LogP contribution in [0.15, 0.2) is 10.9 Å². The van der Waals surface area contributed by atoms with Gasteiger partial charge in [-0.05, 0) is 0 Å². The zero-order chi connectivity index (χ0) is 16.2. The Hall–Kier alpha value is -2.00. The zero-order valence-electron chi connectivity index (χ0n) is 11.2. The summed E-state index contributed by atoms with van der Waals surface area (Å²) >= 11 is 0. The van der Waals surface area contributed by atoms with Gasteiger partial charge in [-0.1, -0.05) is 20.8 Å². The smallest absolute Gasteiger partial charge is 0.304 e. The summed E-state index contributed by atoms with van der Waals surface area (Å²) in [6.45, 7) is 5.13. The zero-order valence-corrected chi connectivity index (χ0v) is 11.2. The Morgan fingerprint density at radius 3 is 2.19 bits per heavy atom. The first-order chi connectivity index (χ1) is 9.34. The third-order valence-corrected chi connectivity index (χ3v) is 2.70. The summed E-state index contributed by atoms with van der Waals surface area (Å²) in [6, 6.07) is 0.469. The molecule has 0 spiro atoms. The summed E-state index contributed by atoms with van der Waals surface area (Å²) in [6.07, 6.45) is -5.82. The number of hydrogen-bond acceptors (Lipinski definition) is 3. The third kappa shape index (κ3) is 2.49. The highest BCUT2D eigenvalue weighted by Crippen LogP contribution is 2.42. The molecule has 0 aliphatic carbocycles. The molecular weight excluding hydrogens is 299 g/mol. The Balaban J connectivity index is 2.69. The third-order valence-electron chi connectivity index (χ3n) is 2.70. The van der Waals surface area contributed by atoms with Crippen LogP contribution in [-0.4, -0.2) is 25.8 Å². The molecule has 116 valence electrons. The molecule has 2 rings (SSSR count). The summed E-state index contributed by atoms with van der Waals surface area (Å²) in [5, 5.41) is 3.80. The van der Waals surface area contributed by atoms with Crippen molar-refractivity contribution in [3.05, 3.63) is 28.1 Å². The van der Waals surface area contributed by atoms with E-state index in [9.17, 15) is 26.7 Å². The van der Waals surface area contributed by atoms with Crippen LogP contribution in [0.2, 0.25) is 0 Å². The topological polar surface area (TPSA) is 63.0 Å². The molecule has 5 nitrogen and oxygen atoms in total. The Kier molecular flexibility index (Phi) is 3.11. The maximum absolute atomic E-state index is 13.3. The second-order valence-corrected chi connectivity index (χ2v) is 5.52. The molecule has 0 aromatic carbocycles. The van der Waals surface area contributed by atoms with Crippen LogP contribution >= 0.6 is 0 Å². The number of hydrogen-bond donors (Lipinski definition) is 1. The van der Waals surface area contributed by atoms with E-state index in [1.807, 2.05) is 0 Å². The minimum absolute atomic E-state index is 0.153. The lowest BCUT2D eigenvalue weighted by molar-refractivity contribution is -0.291. The number of H-pyrrole nitrogens is 1. The monoisotopic (exact) mass is 310 g/mol. The fourth-order valence-corrected chi connectivity index (χ4v) is 1.54. The average molecular weight is 310 g/mol. The lowest BCUT2D eigenvalue weighted by Gasteiger charge is -2.18. The molecule has 10 heteroatoms. The van der Waals surface area contributed by atoms with Crippen LogP contribution in [0.25, 0.3) is 5.65 Å². The molecular formula is C11H11F5N4O. The molecule has 0 bridgehead atoms. The highest BCUT2D eigenvalue weighted by atomic mass is 19.4. The van der Waals surface area contributed by atoms with Gasteiger partial charge in [-0.25, -0.2) is 9.78 Å². The van der Waals surface area contributed by atoms with Gasteiger partial charge in [0, 0.05) is 11.5 Å². The first-order valence-electron chi connectivity index (χ1n) is 5.79. The van der Waals surface area contributed by atoms with Crippen LogP contribution < -0.4 is 5.69 Å². The van der Waals surface area contributed by atoms with E-state index in [1.54, 1.807) is 20.8 Å². The van der Waals surface area contributed by atoms with Gasteiger partial charge in [0.1, 0.15) is 5.69 Å². The average Bonchev–Trinajstić information content (AvgIpc) is 2.71. The summed E-state index contributed by atoms with van der Waals surface area (Å²) in [5.74, 6) is -5.03. The highest BCUT2D eigenvalue weighted by molar-refractivity contribution is 5.40. The standard InChI is InChI=1S/C11H11F5N4O/c1-9(2,3)7-18-6-4-5(10(12,13)11(14,15)16)17-8(21)20(6)19-7/h4H,1-3H3,(H,17,21). The number of nitrogens with zero attached hydrogens (tertiary/aromatic N) is 3. The summed E-state index contributed by atoms with van der Waals surface area (Å²) in [4.78, 5) is 16.9. The van der Waals surface area contributed by atoms with E-state index in [2.05, 4.69) is 10.1 Å². The number of aromatic nitrogens is 4. The normalized spacial score (nSPS) is 13.9. The highest BCUT2D eigenvalue weighted by Gasteiger charge is 2.59. The summed E-state index contributed by atoms with van der Waals surface area (Å²) in [5.41, 5.74) is -3.75. The van der Waals surface area contributed by atoms with Crippen molar-refractivity contribution in [3.63, 3.8) is 0 Å². The van der Waals surface area contributed by atoms with Crippen LogP contribution in [0.1, 0.15) is 32.3 Å². The molecule has 2 aromatic rings. The van der Waals surface area contributed by atoms with Crippen LogP contribution in [0.3, 0.4) is 0 Å². The van der Waals surface area contributed by atoms with Gasteiger partial charge < -0.3 is 4.98 Å². The van der Waals surface area contributed by atoms with E-state index in [1.165, 1.54) is 4.98 Å². The van der Waals surface area contributed by atoms with E-state index in [0.29, 0.717) is 10.6 Å². The first kappa shape index (κ1) is 15.4. The maximum Gasteiger partial charge on any atom is 0.459 e. The van der Waals surface area contributed by atoms with Crippen LogP contribution in [-0.2, 0) is 11.3 Å². The minimum Gasteiger partial charge on any atom is -0.304 e. The Morgan fingerprint density at radius 1 is 1.14 bits per heavy atom. The van der Waals surface area contributed by atoms with E-state index < -0.39 is 28.9 Å². The lowest BCUT2D eigenvalue weighted by Crippen LogP contribution is -2.36. The Morgan fingerprint density at radius 2 is 1.71 bits per heavy atom. The minimum atomic E-state index is -5.82. The molecule has 2 aromatic heterocycles. The predicted octanol–water partition coefficient (Wildman–Crippen LogP) is 2.37. The summed E-state index contributed by atoms with van der Waals surface area (Å²) in [7, 11) is 0. The van der Waals surface area contributed by atoms with Crippen LogP contribution in [0.4, 0.5) is 22.0 Å². The van der Waals surface area contributed by atoms with Gasteiger partial charge in [0.2, 0.25) is 0 Å². The quantitative estimate of drug-likeness (QED) is 0.823. The van der Waals surface area contributed by atoms with Gasteiger partial charge in [-0.15, -0.1) is 5.10 Å². The van der Waals surface area contributed by atoms with Crippen molar-refractivity contribution < 1.29 is 22.0 Å². The number of nitrogens with one attached hydrogen (secondary N) is 1. The van der Waals surface area contributed by atoms with Gasteiger partial charge in [0.05, 0.1) is 0 Å². The van der Waals surface area contributed by atoms with E-state index in [0.717, 1.165) is 0 Å². The van der Waals surface area contributed by atoms with E-state index in [-0.39, 0.29) is 11.5 Å². The number of alkyl halides is 5. The Labute approximate surface area is 114 Å². The van der Waals surface area contributed by atoms with Crippen molar-refractivity contribution in [3.8, 4) is 0 Å². The molecule has 2 heterocycles. The van der Waals surface area contributed by atoms with E-state index >= 15 is 0 Å². The first-order valence-corrected chi connectivity index (χ1v) is 5.79. The fraction of sp³-hybridized carbons (Fsp3) is 0.545. The Bertz CT molecular complexity index is 738. The van der Waals surface area contributed by atoms with Crippen molar-refractivity contribution in [1.82, 2.24) is 19.6 Å². The van der Waals surface area contributed by atoms with Crippen LogP contribution in [0.5, 0.6) is 0 Å². The van der Waals surface area contributed by atoms with Gasteiger partial charge in [0.15, 0.2) is 11.5 Å². The van der Waals surface area contributed by atoms with Crippen molar-refractivity contribution in [2.24, 2.45) is 0 Å². The molecule has 0 aliphatic heterocycles. The number of aromatic amines is 1. The number of rotatable bonds is 1. The molecule has 0 fully saturated rings. The number of fused-ring (bicyclic) bond motifs is 1. The van der Waals surface area contributed by atoms with Crippen LogP contribution in [0, 0.1) is 0 Å². The molecule has 0 radical (unpaired) electrons. The fourth-order valence-electron chi connectivity index (χ4n) is 1.54. The molecule has 0 saturated carbocycles. The molecule has 21 heavy (non-hydrogen) atoms. The van der Waals surface area contributed by atoms with Gasteiger partial charge in [-0.2, -0.15) is 26.5 Å². The SMILES string of the molecule is CC(C)(C)c1nc2cc(C(F)(F)C(F)(F)F)[nH]c(=O)n2n1.